The molecule has 0 radical (unpaired) electrons. The summed E-state index contributed by atoms with van der Waals surface area (Å²) >= 11 is 0. The molecule has 0 spiro atoms. The molecule has 1 unspecified atom stereocenters. The summed E-state index contributed by atoms with van der Waals surface area (Å²) in [6.07, 6.45) is 6.59. The molecule has 6 nitrogen and oxygen atoms in total. The SMILES string of the molecule is Cn1ccc(C2CCNC[C@@H]2C(=O)N(Cc2nccc3ccccc23)C2CC2)cc1=O. The topological polar surface area (TPSA) is 67.2 Å². The zero-order chi connectivity index (χ0) is 21.4. The number of pyridine rings is 2. The van der Waals surface area contributed by atoms with Gasteiger partial charge in [0.2, 0.25) is 5.91 Å². The summed E-state index contributed by atoms with van der Waals surface area (Å²) in [5, 5.41) is 5.65. The number of benzene rings is 1. The van der Waals surface area contributed by atoms with E-state index in [1.807, 2.05) is 35.4 Å². The van der Waals surface area contributed by atoms with Gasteiger partial charge in [-0.3, -0.25) is 14.6 Å². The van der Waals surface area contributed by atoms with E-state index in [1.165, 1.54) is 0 Å². The predicted octanol–water partition coefficient (Wildman–Crippen LogP) is 2.82. The van der Waals surface area contributed by atoms with Gasteiger partial charge in [0.25, 0.3) is 5.56 Å². The van der Waals surface area contributed by atoms with Gasteiger partial charge < -0.3 is 14.8 Å². The van der Waals surface area contributed by atoms with Crippen molar-refractivity contribution in [1.29, 1.82) is 0 Å². The van der Waals surface area contributed by atoms with Crippen LogP contribution in [0.3, 0.4) is 0 Å². The van der Waals surface area contributed by atoms with Crippen LogP contribution in [0.2, 0.25) is 0 Å². The van der Waals surface area contributed by atoms with E-state index >= 15 is 0 Å². The minimum absolute atomic E-state index is 0.0266. The Kier molecular flexibility index (Phi) is 5.32. The first-order valence-corrected chi connectivity index (χ1v) is 11.1. The molecule has 1 saturated carbocycles. The van der Waals surface area contributed by atoms with E-state index in [1.54, 1.807) is 23.9 Å². The Morgan fingerprint density at radius 3 is 2.84 bits per heavy atom. The molecule has 3 aromatic rings. The molecule has 2 atom stereocenters. The standard InChI is InChI=1S/C25H28N4O2/c1-28-13-10-18(14-24(28)30)20-9-11-26-15-22(20)25(31)29(19-6-7-19)16-23-21-5-3-2-4-17(21)8-12-27-23/h2-5,8,10,12-14,19-20,22,26H,6-7,9,11,15-16H2,1H3/t20?,22-/m0/s1. The Balaban J connectivity index is 1.45. The molecule has 1 N–H and O–H groups in total. The molecule has 31 heavy (non-hydrogen) atoms. The van der Waals surface area contributed by atoms with Crippen molar-refractivity contribution in [3.63, 3.8) is 0 Å². The van der Waals surface area contributed by atoms with Crippen LogP contribution in [0.1, 0.15) is 36.4 Å². The highest BCUT2D eigenvalue weighted by atomic mass is 16.2. The van der Waals surface area contributed by atoms with E-state index < -0.39 is 0 Å². The van der Waals surface area contributed by atoms with Gasteiger partial charge in [-0.05, 0) is 54.8 Å². The highest BCUT2D eigenvalue weighted by molar-refractivity contribution is 5.85. The molecule has 1 aromatic carbocycles. The fourth-order valence-electron chi connectivity index (χ4n) is 4.77. The summed E-state index contributed by atoms with van der Waals surface area (Å²) in [5.41, 5.74) is 1.90. The van der Waals surface area contributed by atoms with Gasteiger partial charge in [0.05, 0.1) is 18.2 Å². The second-order valence-electron chi connectivity index (χ2n) is 8.79. The molecule has 1 aliphatic heterocycles. The molecule has 2 aliphatic rings. The largest absolute Gasteiger partial charge is 0.333 e. The minimum Gasteiger partial charge on any atom is -0.333 e. The first-order valence-electron chi connectivity index (χ1n) is 11.1. The number of piperidine rings is 1. The lowest BCUT2D eigenvalue weighted by atomic mass is 9.80. The number of amides is 1. The van der Waals surface area contributed by atoms with E-state index in [0.717, 1.165) is 47.8 Å². The van der Waals surface area contributed by atoms with Crippen LogP contribution in [0, 0.1) is 5.92 Å². The molecule has 1 amide bonds. The van der Waals surface area contributed by atoms with Gasteiger partial charge in [0.1, 0.15) is 0 Å². The highest BCUT2D eigenvalue weighted by Gasteiger charge is 2.40. The Bertz CT molecular complexity index is 1160. The Morgan fingerprint density at radius 2 is 2.03 bits per heavy atom. The van der Waals surface area contributed by atoms with Crippen LogP contribution in [0.25, 0.3) is 10.8 Å². The highest BCUT2D eigenvalue weighted by Crippen LogP contribution is 2.36. The summed E-state index contributed by atoms with van der Waals surface area (Å²) < 4.78 is 1.57. The summed E-state index contributed by atoms with van der Waals surface area (Å²) in [4.78, 5) is 32.7. The molecule has 1 aliphatic carbocycles. The Labute approximate surface area is 181 Å². The predicted molar refractivity (Wildman–Crippen MR) is 121 cm³/mol. The van der Waals surface area contributed by atoms with Crippen molar-refractivity contribution in [2.24, 2.45) is 13.0 Å². The second-order valence-corrected chi connectivity index (χ2v) is 8.79. The number of aryl methyl sites for hydroxylation is 1. The molecule has 0 bridgehead atoms. The van der Waals surface area contributed by atoms with Crippen LogP contribution < -0.4 is 10.9 Å². The lowest BCUT2D eigenvalue weighted by molar-refractivity contribution is -0.138. The molecule has 2 aromatic heterocycles. The fourth-order valence-corrected chi connectivity index (χ4v) is 4.77. The molecule has 2 fully saturated rings. The third-order valence-electron chi connectivity index (χ3n) is 6.70. The number of nitrogens with one attached hydrogen (secondary N) is 1. The van der Waals surface area contributed by atoms with Gasteiger partial charge in [0, 0.05) is 43.5 Å². The van der Waals surface area contributed by atoms with Crippen molar-refractivity contribution in [1.82, 2.24) is 19.8 Å². The zero-order valence-electron chi connectivity index (χ0n) is 17.8. The van der Waals surface area contributed by atoms with E-state index in [0.29, 0.717) is 19.1 Å². The van der Waals surface area contributed by atoms with E-state index in [2.05, 4.69) is 22.4 Å². The number of hydrogen-bond donors (Lipinski definition) is 1. The molecular formula is C25H28N4O2. The van der Waals surface area contributed by atoms with Crippen molar-refractivity contribution in [3.8, 4) is 0 Å². The third kappa shape index (κ3) is 4.00. The Hall–Kier alpha value is -2.99. The van der Waals surface area contributed by atoms with Crippen molar-refractivity contribution in [3.05, 3.63) is 76.5 Å². The van der Waals surface area contributed by atoms with Crippen LogP contribution in [-0.4, -0.2) is 39.5 Å². The maximum atomic E-state index is 13.8. The average Bonchev–Trinajstić information content (AvgIpc) is 3.64. The number of aromatic nitrogens is 2. The van der Waals surface area contributed by atoms with Crippen molar-refractivity contribution >= 4 is 16.7 Å². The third-order valence-corrected chi connectivity index (χ3v) is 6.70. The van der Waals surface area contributed by atoms with Gasteiger partial charge in [-0.1, -0.05) is 24.3 Å². The Morgan fingerprint density at radius 1 is 1.19 bits per heavy atom. The fraction of sp³-hybridized carbons (Fsp3) is 0.400. The van der Waals surface area contributed by atoms with Gasteiger partial charge in [0.15, 0.2) is 0 Å². The average molecular weight is 417 g/mol. The minimum atomic E-state index is -0.170. The van der Waals surface area contributed by atoms with Crippen LogP contribution in [0.15, 0.2) is 59.7 Å². The molecule has 6 heteroatoms. The summed E-state index contributed by atoms with van der Waals surface area (Å²) in [6.45, 7) is 2.04. The van der Waals surface area contributed by atoms with Crippen LogP contribution >= 0.6 is 0 Å². The van der Waals surface area contributed by atoms with Crippen molar-refractivity contribution in [2.45, 2.75) is 37.8 Å². The molecule has 1 saturated heterocycles. The summed E-state index contributed by atoms with van der Waals surface area (Å²) in [7, 11) is 1.75. The lowest BCUT2D eigenvalue weighted by Crippen LogP contribution is -2.47. The van der Waals surface area contributed by atoms with Crippen LogP contribution in [0.5, 0.6) is 0 Å². The van der Waals surface area contributed by atoms with Gasteiger partial charge in [-0.15, -0.1) is 0 Å². The van der Waals surface area contributed by atoms with Crippen molar-refractivity contribution < 1.29 is 4.79 Å². The first kappa shape index (κ1) is 19.9. The van der Waals surface area contributed by atoms with Crippen molar-refractivity contribution in [2.75, 3.05) is 13.1 Å². The molecule has 5 rings (SSSR count). The number of carbonyl (C=O) groups is 1. The van der Waals surface area contributed by atoms with Gasteiger partial charge >= 0.3 is 0 Å². The van der Waals surface area contributed by atoms with E-state index in [4.69, 9.17) is 0 Å². The number of nitrogens with zero attached hydrogens (tertiary/aromatic N) is 3. The maximum absolute atomic E-state index is 13.8. The summed E-state index contributed by atoms with van der Waals surface area (Å²) in [5.74, 6) is 0.0657. The molecule has 160 valence electrons. The van der Waals surface area contributed by atoms with E-state index in [9.17, 15) is 9.59 Å². The lowest BCUT2D eigenvalue weighted by Gasteiger charge is -2.35. The number of rotatable bonds is 5. The number of carbonyl (C=O) groups excluding carboxylic acids is 1. The smallest absolute Gasteiger partial charge is 0.250 e. The maximum Gasteiger partial charge on any atom is 0.250 e. The van der Waals surface area contributed by atoms with Gasteiger partial charge in [-0.2, -0.15) is 0 Å². The normalized spacial score (nSPS) is 21.2. The van der Waals surface area contributed by atoms with E-state index in [-0.39, 0.29) is 23.3 Å². The second kappa shape index (κ2) is 8.27. The number of hydrogen-bond acceptors (Lipinski definition) is 4. The zero-order valence-corrected chi connectivity index (χ0v) is 17.8. The van der Waals surface area contributed by atoms with Crippen LogP contribution in [0.4, 0.5) is 0 Å². The molecular weight excluding hydrogens is 388 g/mol. The first-order chi connectivity index (χ1) is 15.1. The monoisotopic (exact) mass is 416 g/mol. The summed E-state index contributed by atoms with van der Waals surface area (Å²) in [6, 6.07) is 14.2. The molecule has 3 heterocycles. The van der Waals surface area contributed by atoms with Crippen LogP contribution in [-0.2, 0) is 18.4 Å². The quantitative estimate of drug-likeness (QED) is 0.695. The number of fused-ring (bicyclic) bond motifs is 1. The van der Waals surface area contributed by atoms with Gasteiger partial charge in [-0.25, -0.2) is 0 Å².